The molecule has 0 amide bonds. The van der Waals surface area contributed by atoms with Crippen molar-refractivity contribution in [2.45, 2.75) is 36.8 Å². The summed E-state index contributed by atoms with van der Waals surface area (Å²) in [5.74, 6) is -0.297. The van der Waals surface area contributed by atoms with Crippen molar-refractivity contribution in [3.8, 4) is 0 Å². The minimum Gasteiger partial charge on any atom is -0.387 e. The molecular weight excluding hydrogens is 374 g/mol. The number of benzene rings is 2. The molecule has 1 saturated carbocycles. The number of aliphatic hydroxyl groups excluding tert-OH is 1. The van der Waals surface area contributed by atoms with Crippen molar-refractivity contribution >= 4 is 27.4 Å². The predicted octanol–water partition coefficient (Wildman–Crippen LogP) is 3.43. The monoisotopic (exact) mass is 393 g/mol. The highest BCUT2D eigenvalue weighted by Crippen LogP contribution is 2.34. The fourth-order valence-electron chi connectivity index (χ4n) is 2.83. The third kappa shape index (κ3) is 3.99. The zero-order chi connectivity index (χ0) is 18.9. The molecule has 0 aromatic heterocycles. The normalized spacial score (nSPS) is 15.8. The molecule has 2 aromatic carbocycles. The van der Waals surface area contributed by atoms with E-state index < -0.39 is 16.1 Å². The van der Waals surface area contributed by atoms with Gasteiger partial charge in [-0.25, -0.2) is 8.42 Å². The molecular formula is C19H20ClNO4S. The molecule has 0 aliphatic heterocycles. The fraction of sp³-hybridized carbons (Fsp3) is 0.316. The van der Waals surface area contributed by atoms with E-state index in [1.54, 1.807) is 24.3 Å². The van der Waals surface area contributed by atoms with Gasteiger partial charge in [-0.3, -0.25) is 4.79 Å². The van der Waals surface area contributed by atoms with Crippen LogP contribution in [0.4, 0.5) is 0 Å². The van der Waals surface area contributed by atoms with Gasteiger partial charge < -0.3 is 5.11 Å². The van der Waals surface area contributed by atoms with E-state index >= 15 is 0 Å². The Balaban J connectivity index is 1.92. The Morgan fingerprint density at radius 3 is 2.46 bits per heavy atom. The van der Waals surface area contributed by atoms with Gasteiger partial charge >= 0.3 is 0 Å². The van der Waals surface area contributed by atoms with E-state index in [0.717, 1.165) is 12.8 Å². The topological polar surface area (TPSA) is 74.7 Å². The first-order chi connectivity index (χ1) is 12.3. The number of hydrogen-bond acceptors (Lipinski definition) is 4. The van der Waals surface area contributed by atoms with Gasteiger partial charge in [0.15, 0.2) is 5.78 Å². The minimum atomic E-state index is -3.85. The van der Waals surface area contributed by atoms with Crippen molar-refractivity contribution in [1.82, 2.24) is 4.31 Å². The van der Waals surface area contributed by atoms with E-state index in [2.05, 4.69) is 0 Å². The fourth-order valence-corrected chi connectivity index (χ4v) is 4.80. The quantitative estimate of drug-likeness (QED) is 0.731. The summed E-state index contributed by atoms with van der Waals surface area (Å²) in [6.07, 6.45) is 0.591. The maximum absolute atomic E-state index is 13.1. The van der Waals surface area contributed by atoms with Crippen LogP contribution in [0.1, 0.15) is 41.8 Å². The van der Waals surface area contributed by atoms with E-state index in [1.165, 1.54) is 29.4 Å². The average molecular weight is 394 g/mol. The number of nitrogens with zero attached hydrogens (tertiary/aromatic N) is 1. The second kappa shape index (κ2) is 7.48. The summed E-state index contributed by atoms with van der Waals surface area (Å²) in [6, 6.07) is 13.0. The molecule has 0 spiro atoms. The molecule has 0 saturated heterocycles. The van der Waals surface area contributed by atoms with Crippen molar-refractivity contribution < 1.29 is 18.3 Å². The van der Waals surface area contributed by atoms with E-state index in [1.807, 2.05) is 6.07 Å². The smallest absolute Gasteiger partial charge is 0.243 e. The number of hydrogen-bond donors (Lipinski definition) is 1. The Morgan fingerprint density at radius 2 is 1.88 bits per heavy atom. The maximum atomic E-state index is 13.1. The molecule has 138 valence electrons. The SMILES string of the molecule is CC(=O)c1cc(S(=O)(=O)N(C[C@H](O)c2ccccc2)C2CC2)ccc1Cl. The molecule has 7 heteroatoms. The predicted molar refractivity (Wildman–Crippen MR) is 99.8 cm³/mol. The lowest BCUT2D eigenvalue weighted by molar-refractivity contribution is 0.101. The number of rotatable bonds is 7. The van der Waals surface area contributed by atoms with Crippen LogP contribution in [0.15, 0.2) is 53.4 Å². The highest BCUT2D eigenvalue weighted by Gasteiger charge is 2.39. The van der Waals surface area contributed by atoms with Gasteiger partial charge in [-0.1, -0.05) is 41.9 Å². The molecule has 5 nitrogen and oxygen atoms in total. The van der Waals surface area contributed by atoms with Crippen molar-refractivity contribution in [3.63, 3.8) is 0 Å². The Hall–Kier alpha value is -1.73. The summed E-state index contributed by atoms with van der Waals surface area (Å²) in [6.45, 7) is 1.31. The first-order valence-electron chi connectivity index (χ1n) is 8.36. The second-order valence-corrected chi connectivity index (χ2v) is 8.73. The molecule has 0 heterocycles. The summed E-state index contributed by atoms with van der Waals surface area (Å²) in [4.78, 5) is 11.7. The van der Waals surface area contributed by atoms with E-state index in [9.17, 15) is 18.3 Å². The van der Waals surface area contributed by atoms with Crippen LogP contribution in [0.3, 0.4) is 0 Å². The van der Waals surface area contributed by atoms with Crippen molar-refractivity contribution in [2.75, 3.05) is 6.54 Å². The van der Waals surface area contributed by atoms with Gasteiger partial charge in [-0.05, 0) is 43.5 Å². The van der Waals surface area contributed by atoms with Crippen LogP contribution in [0.2, 0.25) is 5.02 Å². The van der Waals surface area contributed by atoms with Crippen LogP contribution in [0, 0.1) is 0 Å². The van der Waals surface area contributed by atoms with Gasteiger partial charge in [0, 0.05) is 18.2 Å². The zero-order valence-corrected chi connectivity index (χ0v) is 15.9. The molecule has 2 aromatic rings. The molecule has 1 N–H and O–H groups in total. The number of ketones is 1. The van der Waals surface area contributed by atoms with E-state index in [-0.39, 0.29) is 33.9 Å². The standard InChI is InChI=1S/C19H20ClNO4S/c1-13(22)17-11-16(9-10-18(17)20)26(24,25)21(15-7-8-15)12-19(23)14-5-3-2-4-6-14/h2-6,9-11,15,19,23H,7-8,12H2,1H3/t19-/m0/s1. The average Bonchev–Trinajstić information content (AvgIpc) is 3.44. The lowest BCUT2D eigenvalue weighted by atomic mass is 10.1. The highest BCUT2D eigenvalue weighted by molar-refractivity contribution is 7.89. The Bertz CT molecular complexity index is 910. The lowest BCUT2D eigenvalue weighted by Gasteiger charge is -2.25. The molecule has 1 atom stereocenters. The maximum Gasteiger partial charge on any atom is 0.243 e. The van der Waals surface area contributed by atoms with Crippen LogP contribution in [-0.2, 0) is 10.0 Å². The highest BCUT2D eigenvalue weighted by atomic mass is 35.5. The third-order valence-electron chi connectivity index (χ3n) is 4.42. The lowest BCUT2D eigenvalue weighted by Crippen LogP contribution is -2.36. The molecule has 3 rings (SSSR count). The number of halogens is 1. The van der Waals surface area contributed by atoms with Crippen LogP contribution in [0.5, 0.6) is 0 Å². The molecule has 0 bridgehead atoms. The minimum absolute atomic E-state index is 0.0132. The largest absolute Gasteiger partial charge is 0.387 e. The van der Waals surface area contributed by atoms with Crippen molar-refractivity contribution in [3.05, 3.63) is 64.7 Å². The van der Waals surface area contributed by atoms with Gasteiger partial charge in [0.2, 0.25) is 10.0 Å². The van der Waals surface area contributed by atoms with Crippen LogP contribution in [0.25, 0.3) is 0 Å². The Kier molecular flexibility index (Phi) is 5.48. The third-order valence-corrected chi connectivity index (χ3v) is 6.66. The molecule has 26 heavy (non-hydrogen) atoms. The van der Waals surface area contributed by atoms with Crippen LogP contribution in [-0.4, -0.2) is 36.2 Å². The Labute approximate surface area is 158 Å². The van der Waals surface area contributed by atoms with Crippen LogP contribution < -0.4 is 0 Å². The molecule has 1 aliphatic carbocycles. The summed E-state index contributed by atoms with van der Waals surface area (Å²) < 4.78 is 27.6. The summed E-state index contributed by atoms with van der Waals surface area (Å²) >= 11 is 5.99. The number of carbonyl (C=O) groups is 1. The van der Waals surface area contributed by atoms with Crippen molar-refractivity contribution in [2.24, 2.45) is 0 Å². The van der Waals surface area contributed by atoms with Crippen LogP contribution >= 0.6 is 11.6 Å². The summed E-state index contributed by atoms with van der Waals surface area (Å²) in [5.41, 5.74) is 0.834. The second-order valence-electron chi connectivity index (χ2n) is 6.43. The number of carbonyl (C=O) groups excluding carboxylic acids is 1. The number of Topliss-reactive ketones (excluding diaryl/α,β-unsaturated/α-hetero) is 1. The first-order valence-corrected chi connectivity index (χ1v) is 10.2. The number of sulfonamides is 1. The molecule has 1 aliphatic rings. The van der Waals surface area contributed by atoms with E-state index in [0.29, 0.717) is 5.56 Å². The van der Waals surface area contributed by atoms with Gasteiger partial charge in [-0.2, -0.15) is 4.31 Å². The summed E-state index contributed by atoms with van der Waals surface area (Å²) in [5, 5.41) is 10.7. The van der Waals surface area contributed by atoms with Gasteiger partial charge in [-0.15, -0.1) is 0 Å². The molecule has 0 radical (unpaired) electrons. The van der Waals surface area contributed by atoms with Crippen molar-refractivity contribution in [1.29, 1.82) is 0 Å². The molecule has 1 fully saturated rings. The molecule has 0 unspecified atom stereocenters. The van der Waals surface area contributed by atoms with Gasteiger partial charge in [0.05, 0.1) is 16.0 Å². The Morgan fingerprint density at radius 1 is 1.23 bits per heavy atom. The van der Waals surface area contributed by atoms with Gasteiger partial charge in [0.1, 0.15) is 0 Å². The summed E-state index contributed by atoms with van der Waals surface area (Å²) in [7, 11) is -3.85. The number of aliphatic hydroxyl groups is 1. The van der Waals surface area contributed by atoms with E-state index in [4.69, 9.17) is 11.6 Å². The first kappa shape index (κ1) is 19.0. The van der Waals surface area contributed by atoms with Gasteiger partial charge in [0.25, 0.3) is 0 Å². The zero-order valence-electron chi connectivity index (χ0n) is 14.3.